The SMILES string of the molecule is O=C(O)CCc1cnc(NCc2cc(C(F)(F)F)cc(C(F)(F)F)c2)[nH]c1=O. The van der Waals surface area contributed by atoms with Crippen LogP contribution in [0.1, 0.15) is 28.7 Å². The number of benzene rings is 1. The number of hydrogen-bond donors (Lipinski definition) is 3. The number of aliphatic carboxylic acids is 1. The molecule has 0 atom stereocenters. The van der Waals surface area contributed by atoms with Crippen LogP contribution in [0.3, 0.4) is 0 Å². The Morgan fingerprint density at radius 1 is 1.07 bits per heavy atom. The molecule has 2 aromatic rings. The molecule has 0 radical (unpaired) electrons. The number of rotatable bonds is 6. The zero-order valence-corrected chi connectivity index (χ0v) is 13.9. The molecule has 0 unspecified atom stereocenters. The van der Waals surface area contributed by atoms with Gasteiger partial charge in [0.05, 0.1) is 11.1 Å². The fourth-order valence-electron chi connectivity index (χ4n) is 2.24. The Morgan fingerprint density at radius 3 is 2.11 bits per heavy atom. The molecular formula is C16H13F6N3O3. The van der Waals surface area contributed by atoms with Crippen molar-refractivity contribution in [1.29, 1.82) is 0 Å². The number of H-pyrrole nitrogens is 1. The summed E-state index contributed by atoms with van der Waals surface area (Å²) < 4.78 is 77.0. The number of aryl methyl sites for hydroxylation is 1. The third-order valence-corrected chi connectivity index (χ3v) is 3.59. The predicted molar refractivity (Wildman–Crippen MR) is 84.6 cm³/mol. The molecule has 0 fully saturated rings. The normalized spacial score (nSPS) is 12.1. The van der Waals surface area contributed by atoms with E-state index in [1.807, 2.05) is 0 Å². The first-order chi connectivity index (χ1) is 12.9. The summed E-state index contributed by atoms with van der Waals surface area (Å²) in [4.78, 5) is 28.3. The number of aromatic amines is 1. The summed E-state index contributed by atoms with van der Waals surface area (Å²) in [7, 11) is 0. The summed E-state index contributed by atoms with van der Waals surface area (Å²) >= 11 is 0. The summed E-state index contributed by atoms with van der Waals surface area (Å²) in [6.07, 6.45) is -9.23. The topological polar surface area (TPSA) is 95.1 Å². The first-order valence-corrected chi connectivity index (χ1v) is 7.68. The third kappa shape index (κ3) is 5.72. The molecule has 1 aromatic carbocycles. The van der Waals surface area contributed by atoms with Crippen molar-refractivity contribution < 1.29 is 36.2 Å². The molecule has 3 N–H and O–H groups in total. The van der Waals surface area contributed by atoms with E-state index in [2.05, 4.69) is 15.3 Å². The van der Waals surface area contributed by atoms with E-state index in [1.54, 1.807) is 0 Å². The molecule has 0 aliphatic carbocycles. The van der Waals surface area contributed by atoms with Gasteiger partial charge < -0.3 is 10.4 Å². The molecule has 1 aromatic heterocycles. The van der Waals surface area contributed by atoms with Crippen molar-refractivity contribution in [2.45, 2.75) is 31.7 Å². The Labute approximate surface area is 153 Å². The molecule has 0 spiro atoms. The molecule has 0 saturated heterocycles. The summed E-state index contributed by atoms with van der Waals surface area (Å²) in [6.45, 7) is -0.468. The number of nitrogens with zero attached hydrogens (tertiary/aromatic N) is 1. The second-order valence-corrected chi connectivity index (χ2v) is 5.75. The smallest absolute Gasteiger partial charge is 0.416 e. The number of halogens is 6. The third-order valence-electron chi connectivity index (χ3n) is 3.59. The van der Waals surface area contributed by atoms with Crippen LogP contribution in [-0.2, 0) is 30.1 Å². The zero-order valence-electron chi connectivity index (χ0n) is 13.9. The van der Waals surface area contributed by atoms with Crippen molar-refractivity contribution >= 4 is 11.9 Å². The fourth-order valence-corrected chi connectivity index (χ4v) is 2.24. The molecule has 0 aliphatic heterocycles. The van der Waals surface area contributed by atoms with Crippen molar-refractivity contribution in [2.24, 2.45) is 0 Å². The second-order valence-electron chi connectivity index (χ2n) is 5.75. The molecule has 152 valence electrons. The van der Waals surface area contributed by atoms with Gasteiger partial charge in [0.1, 0.15) is 0 Å². The zero-order chi connectivity index (χ0) is 21.1. The lowest BCUT2D eigenvalue weighted by Crippen LogP contribution is -2.18. The number of anilines is 1. The van der Waals surface area contributed by atoms with E-state index in [4.69, 9.17) is 5.11 Å². The summed E-state index contributed by atoms with van der Waals surface area (Å²) in [5, 5.41) is 11.0. The Hall–Kier alpha value is -3.05. The Kier molecular flexibility index (Phi) is 6.00. The van der Waals surface area contributed by atoms with E-state index >= 15 is 0 Å². The lowest BCUT2D eigenvalue weighted by molar-refractivity contribution is -0.143. The Bertz CT molecular complexity index is 889. The monoisotopic (exact) mass is 409 g/mol. The van der Waals surface area contributed by atoms with Crippen molar-refractivity contribution in [3.05, 3.63) is 57.0 Å². The van der Waals surface area contributed by atoms with Crippen LogP contribution in [0, 0.1) is 0 Å². The average molecular weight is 409 g/mol. The van der Waals surface area contributed by atoms with Crippen LogP contribution >= 0.6 is 0 Å². The summed E-state index contributed by atoms with van der Waals surface area (Å²) in [6, 6.07) is 1.13. The van der Waals surface area contributed by atoms with Gasteiger partial charge in [0.2, 0.25) is 5.95 Å². The lowest BCUT2D eigenvalue weighted by Gasteiger charge is -2.14. The number of nitrogens with one attached hydrogen (secondary N) is 2. The average Bonchev–Trinajstić information content (AvgIpc) is 2.57. The highest BCUT2D eigenvalue weighted by molar-refractivity contribution is 5.67. The molecule has 12 heteroatoms. The van der Waals surface area contributed by atoms with Gasteiger partial charge in [-0.05, 0) is 30.2 Å². The standard InChI is InChI=1S/C16H13F6N3O3/c17-15(18,19)10-3-8(4-11(5-10)16(20,21)22)6-23-14-24-7-9(13(28)25-14)1-2-12(26)27/h3-5,7H,1-2,6H2,(H,26,27)(H2,23,24,25,28). The highest BCUT2D eigenvalue weighted by Gasteiger charge is 2.36. The van der Waals surface area contributed by atoms with Crippen LogP contribution in [0.15, 0.2) is 29.2 Å². The van der Waals surface area contributed by atoms with E-state index in [0.717, 1.165) is 6.20 Å². The molecule has 0 amide bonds. The van der Waals surface area contributed by atoms with Crippen LogP contribution in [0.2, 0.25) is 0 Å². The maximum absolute atomic E-state index is 12.8. The minimum atomic E-state index is -4.96. The van der Waals surface area contributed by atoms with Gasteiger partial charge >= 0.3 is 18.3 Å². The molecule has 6 nitrogen and oxygen atoms in total. The van der Waals surface area contributed by atoms with Crippen LogP contribution in [0.25, 0.3) is 0 Å². The molecule has 0 saturated carbocycles. The highest BCUT2D eigenvalue weighted by atomic mass is 19.4. The highest BCUT2D eigenvalue weighted by Crippen LogP contribution is 2.36. The van der Waals surface area contributed by atoms with E-state index in [0.29, 0.717) is 12.1 Å². The maximum atomic E-state index is 12.8. The molecule has 2 rings (SSSR count). The van der Waals surface area contributed by atoms with E-state index in [9.17, 15) is 35.9 Å². The molecule has 1 heterocycles. The van der Waals surface area contributed by atoms with Crippen molar-refractivity contribution in [3.63, 3.8) is 0 Å². The van der Waals surface area contributed by atoms with E-state index in [1.165, 1.54) is 0 Å². The van der Waals surface area contributed by atoms with E-state index < -0.39 is 41.6 Å². The van der Waals surface area contributed by atoms with Gasteiger partial charge in [0.25, 0.3) is 5.56 Å². The van der Waals surface area contributed by atoms with Gasteiger partial charge in [-0.1, -0.05) is 0 Å². The molecule has 0 bridgehead atoms. The first kappa shape index (κ1) is 21.3. The molecular weight excluding hydrogens is 396 g/mol. The van der Waals surface area contributed by atoms with E-state index in [-0.39, 0.29) is 36.0 Å². The fraction of sp³-hybridized carbons (Fsp3) is 0.312. The first-order valence-electron chi connectivity index (χ1n) is 7.68. The van der Waals surface area contributed by atoms with Crippen molar-refractivity contribution in [1.82, 2.24) is 9.97 Å². The molecule has 28 heavy (non-hydrogen) atoms. The van der Waals surface area contributed by atoms with Crippen molar-refractivity contribution in [3.8, 4) is 0 Å². The number of carboxylic acids is 1. The quantitative estimate of drug-likeness (QED) is 0.636. The van der Waals surface area contributed by atoms with Crippen LogP contribution in [-0.4, -0.2) is 21.0 Å². The lowest BCUT2D eigenvalue weighted by atomic mass is 10.0. The second kappa shape index (κ2) is 7.90. The minimum Gasteiger partial charge on any atom is -0.481 e. The number of carboxylic acid groups (broad SMARTS) is 1. The largest absolute Gasteiger partial charge is 0.481 e. The number of hydrogen-bond acceptors (Lipinski definition) is 4. The Morgan fingerprint density at radius 2 is 1.64 bits per heavy atom. The van der Waals surface area contributed by atoms with Crippen LogP contribution in [0.5, 0.6) is 0 Å². The number of alkyl halides is 6. The minimum absolute atomic E-state index is 0.0148. The van der Waals surface area contributed by atoms with Gasteiger partial charge in [0.15, 0.2) is 0 Å². The summed E-state index contributed by atoms with van der Waals surface area (Å²) in [5.74, 6) is -1.30. The molecule has 0 aliphatic rings. The Balaban J connectivity index is 2.21. The van der Waals surface area contributed by atoms with Gasteiger partial charge in [-0.2, -0.15) is 26.3 Å². The van der Waals surface area contributed by atoms with Crippen LogP contribution in [0.4, 0.5) is 32.3 Å². The van der Waals surface area contributed by atoms with Crippen LogP contribution < -0.4 is 10.9 Å². The predicted octanol–water partition coefficient (Wildman–Crippen LogP) is 3.44. The van der Waals surface area contributed by atoms with Gasteiger partial charge in [0, 0.05) is 24.7 Å². The van der Waals surface area contributed by atoms with Gasteiger partial charge in [-0.3, -0.25) is 14.6 Å². The number of carbonyl (C=O) groups is 1. The van der Waals surface area contributed by atoms with Gasteiger partial charge in [-0.25, -0.2) is 4.98 Å². The summed E-state index contributed by atoms with van der Waals surface area (Å²) in [5.41, 5.74) is -3.82. The van der Waals surface area contributed by atoms with Gasteiger partial charge in [-0.15, -0.1) is 0 Å². The van der Waals surface area contributed by atoms with Crippen molar-refractivity contribution in [2.75, 3.05) is 5.32 Å². The number of aromatic nitrogens is 2. The maximum Gasteiger partial charge on any atom is 0.416 e.